The van der Waals surface area contributed by atoms with Gasteiger partial charge in [-0.15, -0.1) is 0 Å². The van der Waals surface area contributed by atoms with Gasteiger partial charge in [0.05, 0.1) is 29.5 Å². The lowest BCUT2D eigenvalue weighted by Crippen LogP contribution is -2.40. The van der Waals surface area contributed by atoms with Gasteiger partial charge in [-0.25, -0.2) is 9.59 Å². The van der Waals surface area contributed by atoms with Crippen LogP contribution in [0.1, 0.15) is 48.2 Å². The van der Waals surface area contributed by atoms with Gasteiger partial charge in [0.1, 0.15) is 0 Å². The van der Waals surface area contributed by atoms with E-state index in [0.29, 0.717) is 12.1 Å². The minimum atomic E-state index is -5.08. The summed E-state index contributed by atoms with van der Waals surface area (Å²) in [6, 6.07) is 2.81. The van der Waals surface area contributed by atoms with Crippen molar-refractivity contribution >= 4 is 18.0 Å². The van der Waals surface area contributed by atoms with Gasteiger partial charge in [-0.1, -0.05) is 12.1 Å². The van der Waals surface area contributed by atoms with Gasteiger partial charge in [0.2, 0.25) is 0 Å². The summed E-state index contributed by atoms with van der Waals surface area (Å²) in [7, 11) is 0. The van der Waals surface area contributed by atoms with Crippen LogP contribution in [-0.4, -0.2) is 47.4 Å². The molecular formula is C23H22F9N3O5. The number of rotatable bonds is 8. The van der Waals surface area contributed by atoms with Crippen molar-refractivity contribution in [1.29, 1.82) is 0 Å². The predicted molar refractivity (Wildman–Crippen MR) is 119 cm³/mol. The molecule has 40 heavy (non-hydrogen) atoms. The van der Waals surface area contributed by atoms with E-state index in [-0.39, 0.29) is 31.6 Å². The average molecular weight is 591 g/mol. The molecule has 3 N–H and O–H groups in total. The largest absolute Gasteiger partial charge is 0.490 e. The van der Waals surface area contributed by atoms with Crippen LogP contribution in [0.4, 0.5) is 44.3 Å². The van der Waals surface area contributed by atoms with E-state index in [2.05, 4.69) is 15.6 Å². The Morgan fingerprint density at radius 2 is 1.52 bits per heavy atom. The minimum absolute atomic E-state index is 0.0126. The van der Waals surface area contributed by atoms with Crippen LogP contribution in [0.5, 0.6) is 0 Å². The fourth-order valence-electron chi connectivity index (χ4n) is 2.91. The van der Waals surface area contributed by atoms with E-state index in [1.807, 2.05) is 0 Å². The summed E-state index contributed by atoms with van der Waals surface area (Å²) >= 11 is 0. The molecule has 222 valence electrons. The molecule has 2 aromatic rings. The van der Waals surface area contributed by atoms with Crippen molar-refractivity contribution in [2.24, 2.45) is 0 Å². The topological polar surface area (TPSA) is 118 Å². The second-order valence-electron chi connectivity index (χ2n) is 7.60. The summed E-state index contributed by atoms with van der Waals surface area (Å²) in [6.07, 6.45) is -13.2. The van der Waals surface area contributed by atoms with Crippen LogP contribution >= 0.6 is 0 Å². The van der Waals surface area contributed by atoms with Crippen molar-refractivity contribution in [3.63, 3.8) is 0 Å². The molecule has 1 atom stereocenters. The van der Waals surface area contributed by atoms with Crippen LogP contribution in [0.25, 0.3) is 0 Å². The normalized spacial score (nSPS) is 12.4. The molecule has 0 radical (unpaired) electrons. The molecule has 17 heteroatoms. The number of hydrogen-bond acceptors (Lipinski definition) is 5. The highest BCUT2D eigenvalue weighted by Crippen LogP contribution is 2.36. The molecule has 0 saturated heterocycles. The van der Waals surface area contributed by atoms with E-state index >= 15 is 0 Å². The summed E-state index contributed by atoms with van der Waals surface area (Å²) in [6.45, 7) is 1.85. The van der Waals surface area contributed by atoms with Gasteiger partial charge in [0.25, 0.3) is 0 Å². The molecule has 0 fully saturated rings. The van der Waals surface area contributed by atoms with E-state index in [0.717, 1.165) is 30.5 Å². The average Bonchev–Trinajstić information content (AvgIpc) is 2.84. The van der Waals surface area contributed by atoms with Gasteiger partial charge in [0.15, 0.2) is 0 Å². The molecule has 0 aliphatic rings. The highest BCUT2D eigenvalue weighted by atomic mass is 19.4. The predicted octanol–water partition coefficient (Wildman–Crippen LogP) is 5.48. The molecule has 0 bridgehead atoms. The van der Waals surface area contributed by atoms with Crippen LogP contribution in [0.3, 0.4) is 0 Å². The Morgan fingerprint density at radius 3 is 2.00 bits per heavy atom. The number of carboxylic acid groups (broad SMARTS) is 1. The third-order valence-corrected chi connectivity index (χ3v) is 4.66. The van der Waals surface area contributed by atoms with Crippen molar-refractivity contribution in [2.75, 3.05) is 13.2 Å². The molecule has 1 heterocycles. The van der Waals surface area contributed by atoms with Crippen molar-refractivity contribution in [1.82, 2.24) is 15.6 Å². The Labute approximate surface area is 220 Å². The summed E-state index contributed by atoms with van der Waals surface area (Å²) < 4.78 is 116. The molecule has 0 saturated carbocycles. The number of nitrogens with one attached hydrogen (secondary N) is 2. The first-order valence-electron chi connectivity index (χ1n) is 11.1. The fraction of sp³-hybridized carbons (Fsp3) is 0.391. The molecule has 2 amide bonds. The molecule has 0 aliphatic carbocycles. The maximum Gasteiger partial charge on any atom is 0.490 e. The van der Waals surface area contributed by atoms with Gasteiger partial charge < -0.3 is 20.5 Å². The first-order chi connectivity index (χ1) is 18.4. The first kappa shape index (κ1) is 34.0. The highest BCUT2D eigenvalue weighted by Gasteiger charge is 2.38. The zero-order valence-corrected chi connectivity index (χ0v) is 20.4. The lowest BCUT2D eigenvalue weighted by Gasteiger charge is -2.23. The van der Waals surface area contributed by atoms with Gasteiger partial charge in [0, 0.05) is 19.2 Å². The van der Waals surface area contributed by atoms with Crippen molar-refractivity contribution in [3.05, 3.63) is 65.0 Å². The molecule has 8 nitrogen and oxygen atoms in total. The monoisotopic (exact) mass is 591 g/mol. The van der Waals surface area contributed by atoms with E-state index in [9.17, 15) is 49.1 Å². The van der Waals surface area contributed by atoms with Crippen LogP contribution in [0.2, 0.25) is 0 Å². The van der Waals surface area contributed by atoms with Gasteiger partial charge in [-0.2, -0.15) is 39.5 Å². The van der Waals surface area contributed by atoms with Crippen LogP contribution in [-0.2, 0) is 26.7 Å². The Kier molecular flexibility index (Phi) is 12.2. The minimum Gasteiger partial charge on any atom is -0.475 e. The third-order valence-electron chi connectivity index (χ3n) is 4.66. The lowest BCUT2D eigenvalue weighted by atomic mass is 9.98. The third kappa shape index (κ3) is 11.4. The summed E-state index contributed by atoms with van der Waals surface area (Å²) in [5.41, 5.74) is -2.75. The summed E-state index contributed by atoms with van der Waals surface area (Å²) in [4.78, 5) is 36.3. The van der Waals surface area contributed by atoms with E-state index in [4.69, 9.17) is 14.6 Å². The maximum absolute atomic E-state index is 13.5. The molecule has 1 aromatic carbocycles. The number of carbonyl (C=O) groups excluding carboxylic acids is 2. The van der Waals surface area contributed by atoms with Gasteiger partial charge >= 0.3 is 36.5 Å². The van der Waals surface area contributed by atoms with Gasteiger partial charge in [-0.05, 0) is 43.2 Å². The Hall–Kier alpha value is -4.05. The molecule has 1 aromatic heterocycles. The molecule has 0 spiro atoms. The number of aliphatic carboxylic acids is 1. The van der Waals surface area contributed by atoms with Crippen molar-refractivity contribution in [3.8, 4) is 0 Å². The van der Waals surface area contributed by atoms with Gasteiger partial charge in [-0.3, -0.25) is 9.78 Å². The van der Waals surface area contributed by atoms with Crippen LogP contribution in [0, 0.1) is 0 Å². The number of alkyl halides is 9. The van der Waals surface area contributed by atoms with E-state index < -0.39 is 59.4 Å². The number of ether oxygens (including phenoxy) is 1. The maximum atomic E-state index is 13.5. The number of benzene rings is 1. The van der Waals surface area contributed by atoms with Crippen molar-refractivity contribution in [2.45, 2.75) is 44.3 Å². The summed E-state index contributed by atoms with van der Waals surface area (Å²) in [5, 5.41) is 11.8. The SMILES string of the molecule is CCOC(=O)CCCNC(=O)N[C@@H](c1ccc(C(F)(F)F)cc1)c1ncccc1C(F)(F)F.O=C(O)C(F)(F)F. The highest BCUT2D eigenvalue weighted by molar-refractivity contribution is 5.75. The second kappa shape index (κ2) is 14.4. The van der Waals surface area contributed by atoms with E-state index in [1.165, 1.54) is 0 Å². The Bertz CT molecular complexity index is 1130. The standard InChI is InChI=1S/C21H21F6N3O3.C2HF3O2/c1-2-33-16(31)6-4-12-29-19(32)30-17(13-7-9-14(10-8-13)20(22,23)24)18-15(21(25,26)27)5-3-11-28-18;3-2(4,5)1(6)7/h3,5,7-11,17H,2,4,6,12H2,1H3,(H2,29,30,32);(H,6,7)/t17-;/m0./s1. The number of nitrogens with zero attached hydrogens (tertiary/aromatic N) is 1. The van der Waals surface area contributed by atoms with E-state index in [1.54, 1.807) is 6.92 Å². The second-order valence-corrected chi connectivity index (χ2v) is 7.60. The number of pyridine rings is 1. The van der Waals surface area contributed by atoms with Crippen LogP contribution in [0.15, 0.2) is 42.6 Å². The number of carbonyl (C=O) groups is 3. The van der Waals surface area contributed by atoms with Crippen molar-refractivity contribution < 1.29 is 63.7 Å². The smallest absolute Gasteiger partial charge is 0.475 e. The summed E-state index contributed by atoms with van der Waals surface area (Å²) in [5.74, 6) is -3.22. The number of esters is 1. The zero-order valence-electron chi connectivity index (χ0n) is 20.4. The quantitative estimate of drug-likeness (QED) is 0.213. The zero-order chi connectivity index (χ0) is 30.7. The molecule has 0 aliphatic heterocycles. The number of urea groups is 1. The number of aromatic nitrogens is 1. The number of carboxylic acids is 1. The number of amides is 2. The molecule has 2 rings (SSSR count). The Morgan fingerprint density at radius 1 is 0.950 bits per heavy atom. The molecular weight excluding hydrogens is 569 g/mol. The fourth-order valence-corrected chi connectivity index (χ4v) is 2.91. The number of halogens is 9. The first-order valence-corrected chi connectivity index (χ1v) is 11.1. The number of hydrogen-bond donors (Lipinski definition) is 3. The Balaban J connectivity index is 0.00000101. The van der Waals surface area contributed by atoms with Crippen LogP contribution < -0.4 is 10.6 Å². The lowest BCUT2D eigenvalue weighted by molar-refractivity contribution is -0.192. The molecule has 0 unspecified atom stereocenters.